The molecule has 1 amide bonds. The van der Waals surface area contributed by atoms with Crippen molar-refractivity contribution in [2.24, 2.45) is 0 Å². The zero-order valence-electron chi connectivity index (χ0n) is 18.5. The molecule has 0 saturated carbocycles. The topological polar surface area (TPSA) is 65.1 Å². The maximum Gasteiger partial charge on any atom is 0.342 e. The summed E-state index contributed by atoms with van der Waals surface area (Å²) in [5.74, 6) is -0.0397. The lowest BCUT2D eigenvalue weighted by molar-refractivity contribution is -0.141. The molecule has 0 aliphatic rings. The SMILES string of the molecule is COc1ccc(C(=O)O[C@@H](C)C(=O)N(Cc2ccccc2)Cc2ccccc2)c(OC)c1. The zero-order chi connectivity index (χ0) is 22.9. The van der Waals surface area contributed by atoms with E-state index in [9.17, 15) is 9.59 Å². The minimum absolute atomic E-state index is 0.227. The van der Waals surface area contributed by atoms with Gasteiger partial charge in [0.1, 0.15) is 17.1 Å². The molecule has 32 heavy (non-hydrogen) atoms. The molecule has 0 aliphatic heterocycles. The van der Waals surface area contributed by atoms with E-state index in [4.69, 9.17) is 14.2 Å². The first kappa shape index (κ1) is 22.9. The van der Waals surface area contributed by atoms with Crippen molar-refractivity contribution >= 4 is 11.9 Å². The molecule has 3 aromatic rings. The molecule has 166 valence electrons. The third-order valence-corrected chi connectivity index (χ3v) is 5.00. The van der Waals surface area contributed by atoms with Gasteiger partial charge in [0, 0.05) is 19.2 Å². The highest BCUT2D eigenvalue weighted by molar-refractivity contribution is 5.95. The summed E-state index contributed by atoms with van der Waals surface area (Å²) in [7, 11) is 2.99. The van der Waals surface area contributed by atoms with Gasteiger partial charge >= 0.3 is 5.97 Å². The average Bonchev–Trinajstić information content (AvgIpc) is 2.83. The van der Waals surface area contributed by atoms with E-state index in [-0.39, 0.29) is 11.5 Å². The van der Waals surface area contributed by atoms with Gasteiger partial charge in [-0.3, -0.25) is 4.79 Å². The second-order valence-electron chi connectivity index (χ2n) is 7.28. The average molecular weight is 434 g/mol. The summed E-state index contributed by atoms with van der Waals surface area (Å²) in [6.07, 6.45) is -0.971. The molecule has 0 bridgehead atoms. The molecular weight excluding hydrogens is 406 g/mol. The first-order valence-corrected chi connectivity index (χ1v) is 10.3. The van der Waals surface area contributed by atoms with Gasteiger partial charge in [-0.2, -0.15) is 0 Å². The van der Waals surface area contributed by atoms with E-state index in [2.05, 4.69) is 0 Å². The zero-order valence-corrected chi connectivity index (χ0v) is 18.5. The van der Waals surface area contributed by atoms with Crippen molar-refractivity contribution in [2.45, 2.75) is 26.1 Å². The Morgan fingerprint density at radius 1 is 0.812 bits per heavy atom. The third-order valence-electron chi connectivity index (χ3n) is 5.00. The van der Waals surface area contributed by atoms with Crippen molar-refractivity contribution in [1.29, 1.82) is 0 Å². The second kappa shape index (κ2) is 11.0. The maximum atomic E-state index is 13.3. The molecule has 1 atom stereocenters. The van der Waals surface area contributed by atoms with Crippen molar-refractivity contribution in [3.8, 4) is 11.5 Å². The van der Waals surface area contributed by atoms with Crippen LogP contribution in [0, 0.1) is 0 Å². The fraction of sp³-hybridized carbons (Fsp3) is 0.231. The van der Waals surface area contributed by atoms with E-state index in [0.717, 1.165) is 11.1 Å². The molecule has 3 rings (SSSR count). The van der Waals surface area contributed by atoms with Crippen LogP contribution in [0.1, 0.15) is 28.4 Å². The summed E-state index contributed by atoms with van der Waals surface area (Å²) in [5, 5.41) is 0. The number of hydrogen-bond donors (Lipinski definition) is 0. The molecule has 0 aliphatic carbocycles. The Bertz CT molecular complexity index is 995. The number of esters is 1. The van der Waals surface area contributed by atoms with E-state index in [1.165, 1.54) is 14.2 Å². The van der Waals surface area contributed by atoms with Crippen LogP contribution < -0.4 is 9.47 Å². The monoisotopic (exact) mass is 433 g/mol. The molecule has 0 unspecified atom stereocenters. The lowest BCUT2D eigenvalue weighted by Crippen LogP contribution is -2.39. The fourth-order valence-electron chi connectivity index (χ4n) is 3.32. The summed E-state index contributed by atoms with van der Waals surface area (Å²) in [4.78, 5) is 27.7. The molecular formula is C26H27NO5. The highest BCUT2D eigenvalue weighted by Gasteiger charge is 2.26. The Kier molecular flexibility index (Phi) is 7.86. The number of ether oxygens (including phenoxy) is 3. The minimum Gasteiger partial charge on any atom is -0.497 e. The van der Waals surface area contributed by atoms with Crippen molar-refractivity contribution < 1.29 is 23.8 Å². The van der Waals surface area contributed by atoms with Crippen LogP contribution in [0.3, 0.4) is 0 Å². The Labute approximate surface area is 188 Å². The van der Waals surface area contributed by atoms with Crippen LogP contribution in [0.2, 0.25) is 0 Å². The standard InChI is InChI=1S/C26H27NO5/c1-19(32-26(29)23-15-14-22(30-2)16-24(23)31-3)25(28)27(17-20-10-6-4-7-11-20)18-21-12-8-5-9-13-21/h4-16,19H,17-18H2,1-3H3/t19-/m0/s1. The third kappa shape index (κ3) is 5.88. The molecule has 0 heterocycles. The lowest BCUT2D eigenvalue weighted by atomic mass is 10.1. The Morgan fingerprint density at radius 2 is 1.38 bits per heavy atom. The molecule has 0 fully saturated rings. The number of rotatable bonds is 9. The summed E-state index contributed by atoms with van der Waals surface area (Å²) in [5.41, 5.74) is 2.21. The normalized spacial score (nSPS) is 11.3. The Hall–Kier alpha value is -3.80. The largest absolute Gasteiger partial charge is 0.497 e. The fourth-order valence-corrected chi connectivity index (χ4v) is 3.32. The highest BCUT2D eigenvalue weighted by atomic mass is 16.5. The molecule has 3 aromatic carbocycles. The first-order chi connectivity index (χ1) is 15.5. The van der Waals surface area contributed by atoms with Crippen LogP contribution in [0.5, 0.6) is 11.5 Å². The molecule has 0 spiro atoms. The van der Waals surface area contributed by atoms with Gasteiger partial charge in [-0.1, -0.05) is 60.7 Å². The molecule has 0 aromatic heterocycles. The number of carbonyl (C=O) groups excluding carboxylic acids is 2. The second-order valence-corrected chi connectivity index (χ2v) is 7.28. The van der Waals surface area contributed by atoms with Crippen LogP contribution >= 0.6 is 0 Å². The van der Waals surface area contributed by atoms with Gasteiger partial charge in [0.2, 0.25) is 0 Å². The van der Waals surface area contributed by atoms with Gasteiger partial charge in [0.15, 0.2) is 6.10 Å². The Balaban J connectivity index is 1.76. The van der Waals surface area contributed by atoms with Crippen LogP contribution in [-0.4, -0.2) is 37.1 Å². The maximum absolute atomic E-state index is 13.3. The van der Waals surface area contributed by atoms with E-state index in [0.29, 0.717) is 24.6 Å². The van der Waals surface area contributed by atoms with Crippen LogP contribution in [0.15, 0.2) is 78.9 Å². The summed E-state index contributed by atoms with van der Waals surface area (Å²) < 4.78 is 16.0. The van der Waals surface area contributed by atoms with E-state index in [1.54, 1.807) is 30.0 Å². The molecule has 6 heteroatoms. The van der Waals surface area contributed by atoms with Crippen molar-refractivity contribution in [1.82, 2.24) is 4.90 Å². The van der Waals surface area contributed by atoms with Gasteiger partial charge in [0.25, 0.3) is 5.91 Å². The molecule has 0 saturated heterocycles. The first-order valence-electron chi connectivity index (χ1n) is 10.3. The highest BCUT2D eigenvalue weighted by Crippen LogP contribution is 2.25. The van der Waals surface area contributed by atoms with Crippen molar-refractivity contribution in [3.63, 3.8) is 0 Å². The smallest absolute Gasteiger partial charge is 0.342 e. The quantitative estimate of drug-likeness (QED) is 0.466. The van der Waals surface area contributed by atoms with Crippen molar-refractivity contribution in [3.05, 3.63) is 95.6 Å². The van der Waals surface area contributed by atoms with Gasteiger partial charge in [-0.15, -0.1) is 0 Å². The number of benzene rings is 3. The lowest BCUT2D eigenvalue weighted by Gasteiger charge is -2.26. The molecule has 0 N–H and O–H groups in total. The van der Waals surface area contributed by atoms with Gasteiger partial charge in [-0.05, 0) is 30.2 Å². The van der Waals surface area contributed by atoms with Gasteiger partial charge < -0.3 is 19.1 Å². The molecule has 0 radical (unpaired) electrons. The van der Waals surface area contributed by atoms with E-state index < -0.39 is 12.1 Å². The van der Waals surface area contributed by atoms with Crippen molar-refractivity contribution in [2.75, 3.05) is 14.2 Å². The van der Waals surface area contributed by atoms with E-state index in [1.807, 2.05) is 60.7 Å². The van der Waals surface area contributed by atoms with Crippen LogP contribution in [-0.2, 0) is 22.6 Å². The number of methoxy groups -OCH3 is 2. The number of amides is 1. The summed E-state index contributed by atoms with van der Waals surface area (Å²) >= 11 is 0. The Morgan fingerprint density at radius 3 is 1.88 bits per heavy atom. The molecule has 6 nitrogen and oxygen atoms in total. The van der Waals surface area contributed by atoms with Gasteiger partial charge in [0.05, 0.1) is 14.2 Å². The predicted octanol–water partition coefficient (Wildman–Crippen LogP) is 4.48. The van der Waals surface area contributed by atoms with E-state index >= 15 is 0 Å². The van der Waals surface area contributed by atoms with Crippen LogP contribution in [0.4, 0.5) is 0 Å². The minimum atomic E-state index is -0.971. The number of hydrogen-bond acceptors (Lipinski definition) is 5. The summed E-state index contributed by atoms with van der Waals surface area (Å²) in [6.45, 7) is 2.39. The van der Waals surface area contributed by atoms with Gasteiger partial charge in [-0.25, -0.2) is 4.79 Å². The van der Waals surface area contributed by atoms with Crippen LogP contribution in [0.25, 0.3) is 0 Å². The number of carbonyl (C=O) groups is 2. The summed E-state index contributed by atoms with van der Waals surface area (Å²) in [6, 6.07) is 24.2. The predicted molar refractivity (Wildman–Crippen MR) is 122 cm³/mol. The number of nitrogens with zero attached hydrogens (tertiary/aromatic N) is 1.